The van der Waals surface area contributed by atoms with Gasteiger partial charge in [-0.2, -0.15) is 0 Å². The maximum atomic E-state index is 13.6. The van der Waals surface area contributed by atoms with Gasteiger partial charge in [0.1, 0.15) is 11.4 Å². The van der Waals surface area contributed by atoms with E-state index < -0.39 is 21.6 Å². The molecule has 2 aromatic carbocycles. The van der Waals surface area contributed by atoms with E-state index in [4.69, 9.17) is 9.47 Å². The summed E-state index contributed by atoms with van der Waals surface area (Å²) in [6.07, 6.45) is 2.20. The highest BCUT2D eigenvalue weighted by atomic mass is 32.2. The molecule has 1 aliphatic rings. The molecule has 1 aliphatic heterocycles. The number of para-hydroxylation sites is 1. The molecule has 0 bridgehead atoms. The van der Waals surface area contributed by atoms with E-state index in [-0.39, 0.29) is 10.5 Å². The van der Waals surface area contributed by atoms with Crippen molar-refractivity contribution in [3.63, 3.8) is 0 Å². The van der Waals surface area contributed by atoms with Gasteiger partial charge in [-0.15, -0.1) is 0 Å². The van der Waals surface area contributed by atoms with Crippen LogP contribution in [0, 0.1) is 0 Å². The number of sulfonamides is 1. The molecule has 0 amide bonds. The number of hydrogen-bond donors (Lipinski definition) is 0. The van der Waals surface area contributed by atoms with Crippen LogP contribution in [-0.2, 0) is 21.3 Å². The number of hydrogen-bond acceptors (Lipinski definition) is 6. The Labute approximate surface area is 197 Å². The minimum Gasteiger partial charge on any atom is -0.497 e. The number of esters is 1. The van der Waals surface area contributed by atoms with Gasteiger partial charge >= 0.3 is 5.97 Å². The summed E-state index contributed by atoms with van der Waals surface area (Å²) < 4.78 is 39.1. The van der Waals surface area contributed by atoms with Crippen molar-refractivity contribution < 1.29 is 22.7 Å². The fourth-order valence-electron chi connectivity index (χ4n) is 4.06. The summed E-state index contributed by atoms with van der Waals surface area (Å²) in [5.41, 5.74) is 0.642. The van der Waals surface area contributed by atoms with Crippen LogP contribution in [0.5, 0.6) is 5.75 Å². The summed E-state index contributed by atoms with van der Waals surface area (Å²) >= 11 is 0. The second-order valence-electron chi connectivity index (χ2n) is 9.42. The van der Waals surface area contributed by atoms with Crippen molar-refractivity contribution in [3.05, 3.63) is 53.6 Å². The topological polar surface area (TPSA) is 76.2 Å². The van der Waals surface area contributed by atoms with Crippen molar-refractivity contribution >= 4 is 21.7 Å². The third-order valence-electron chi connectivity index (χ3n) is 5.84. The number of ether oxygens (including phenoxy) is 2. The molecule has 0 N–H and O–H groups in total. The highest BCUT2D eigenvalue weighted by molar-refractivity contribution is 7.92. The molecule has 8 heteroatoms. The lowest BCUT2D eigenvalue weighted by atomic mass is 10.1. The summed E-state index contributed by atoms with van der Waals surface area (Å²) in [7, 11) is -0.923. The Morgan fingerprint density at radius 3 is 2.36 bits per heavy atom. The Hall–Kier alpha value is -2.58. The largest absolute Gasteiger partial charge is 0.497 e. The highest BCUT2D eigenvalue weighted by Crippen LogP contribution is 2.33. The Bertz CT molecular complexity index is 1090. The molecule has 0 unspecified atom stereocenters. The van der Waals surface area contributed by atoms with E-state index in [1.807, 2.05) is 6.07 Å². The van der Waals surface area contributed by atoms with Crippen LogP contribution in [-0.4, -0.2) is 51.6 Å². The third kappa shape index (κ3) is 5.68. The molecule has 7 nitrogen and oxygen atoms in total. The second kappa shape index (κ2) is 9.73. The molecule has 2 aromatic rings. The van der Waals surface area contributed by atoms with Gasteiger partial charge in [0.05, 0.1) is 23.3 Å². The number of likely N-dealkylation sites (tertiary alicyclic amines) is 1. The third-order valence-corrected chi connectivity index (χ3v) is 7.61. The van der Waals surface area contributed by atoms with Crippen LogP contribution in [0.25, 0.3) is 0 Å². The van der Waals surface area contributed by atoms with Crippen LogP contribution in [0.3, 0.4) is 0 Å². The molecule has 1 fully saturated rings. The maximum absolute atomic E-state index is 13.6. The average molecular weight is 475 g/mol. The van der Waals surface area contributed by atoms with Crippen LogP contribution in [0.4, 0.5) is 5.69 Å². The van der Waals surface area contributed by atoms with Gasteiger partial charge in [0.15, 0.2) is 0 Å². The van der Waals surface area contributed by atoms with Gasteiger partial charge in [-0.1, -0.05) is 12.1 Å². The quantitative estimate of drug-likeness (QED) is 0.552. The average Bonchev–Trinajstić information content (AvgIpc) is 3.16. The Morgan fingerprint density at radius 1 is 1.15 bits per heavy atom. The standard InChI is InChI=1S/C25H34N2O5S/c1-18-9-8-16-27(18)17-19-10-7-11-22(24(28)32-25(2,3)4)23(19)26(5)33(29,30)21-14-12-20(31-6)13-15-21/h7,10-15,18H,8-9,16-17H2,1-6H3/t18-/m0/s1. The molecule has 0 spiro atoms. The summed E-state index contributed by atoms with van der Waals surface area (Å²) in [6.45, 7) is 9.03. The number of anilines is 1. The van der Waals surface area contributed by atoms with Gasteiger partial charge in [0, 0.05) is 19.6 Å². The summed E-state index contributed by atoms with van der Waals surface area (Å²) in [4.78, 5) is 15.5. The zero-order chi connectivity index (χ0) is 24.4. The van der Waals surface area contributed by atoms with Crippen LogP contribution in [0.1, 0.15) is 56.5 Å². The Balaban J connectivity index is 2.09. The van der Waals surface area contributed by atoms with E-state index >= 15 is 0 Å². The zero-order valence-electron chi connectivity index (χ0n) is 20.3. The number of carbonyl (C=O) groups is 1. The molecule has 180 valence electrons. The molecule has 0 saturated carbocycles. The summed E-state index contributed by atoms with van der Waals surface area (Å²) in [5.74, 6) is 0.0140. The minimum atomic E-state index is -3.93. The Morgan fingerprint density at radius 2 is 1.82 bits per heavy atom. The Kier molecular flexibility index (Phi) is 7.39. The number of rotatable bonds is 7. The second-order valence-corrected chi connectivity index (χ2v) is 11.4. The molecule has 0 aromatic heterocycles. The molecule has 0 aliphatic carbocycles. The van der Waals surface area contributed by atoms with Crippen molar-refractivity contribution in [2.45, 2.75) is 63.6 Å². The normalized spacial score (nSPS) is 17.1. The molecule has 1 heterocycles. The molecule has 1 saturated heterocycles. The highest BCUT2D eigenvalue weighted by Gasteiger charge is 2.31. The van der Waals surface area contributed by atoms with Crippen LogP contribution >= 0.6 is 0 Å². The molecular formula is C25H34N2O5S. The molecule has 0 radical (unpaired) electrons. The SMILES string of the molecule is COc1ccc(S(=O)(=O)N(C)c2c(CN3CCC[C@@H]3C)cccc2C(=O)OC(C)(C)C)cc1. The van der Waals surface area contributed by atoms with Crippen molar-refractivity contribution in [1.82, 2.24) is 4.90 Å². The van der Waals surface area contributed by atoms with E-state index in [1.54, 1.807) is 45.0 Å². The van der Waals surface area contributed by atoms with Crippen molar-refractivity contribution in [1.29, 1.82) is 0 Å². The molecular weight excluding hydrogens is 440 g/mol. The number of methoxy groups -OCH3 is 1. The van der Waals surface area contributed by atoms with E-state index in [1.165, 1.54) is 30.6 Å². The van der Waals surface area contributed by atoms with Crippen molar-refractivity contribution in [3.8, 4) is 5.75 Å². The van der Waals surface area contributed by atoms with Crippen LogP contribution in [0.15, 0.2) is 47.4 Å². The maximum Gasteiger partial charge on any atom is 0.340 e. The smallest absolute Gasteiger partial charge is 0.340 e. The van der Waals surface area contributed by atoms with E-state index in [0.717, 1.165) is 24.9 Å². The predicted molar refractivity (Wildman–Crippen MR) is 129 cm³/mol. The van der Waals surface area contributed by atoms with Gasteiger partial charge in [-0.25, -0.2) is 13.2 Å². The summed E-state index contributed by atoms with van der Waals surface area (Å²) in [5, 5.41) is 0. The molecule has 3 rings (SSSR count). The fourth-order valence-corrected chi connectivity index (χ4v) is 5.31. The monoisotopic (exact) mass is 474 g/mol. The van der Waals surface area contributed by atoms with Gasteiger partial charge in [-0.05, 0) is 83.0 Å². The lowest BCUT2D eigenvalue weighted by Gasteiger charge is -2.29. The first kappa shape index (κ1) is 25.1. The van der Waals surface area contributed by atoms with E-state index in [0.29, 0.717) is 24.0 Å². The first-order chi connectivity index (χ1) is 15.4. The predicted octanol–water partition coefficient (Wildman–Crippen LogP) is 4.46. The van der Waals surface area contributed by atoms with Gasteiger partial charge in [-0.3, -0.25) is 9.21 Å². The zero-order valence-corrected chi connectivity index (χ0v) is 21.1. The van der Waals surface area contributed by atoms with Gasteiger partial charge in [0.2, 0.25) is 0 Å². The van der Waals surface area contributed by atoms with Crippen LogP contribution in [0.2, 0.25) is 0 Å². The van der Waals surface area contributed by atoms with E-state index in [9.17, 15) is 13.2 Å². The number of benzene rings is 2. The van der Waals surface area contributed by atoms with Crippen LogP contribution < -0.4 is 9.04 Å². The van der Waals surface area contributed by atoms with Gasteiger partial charge < -0.3 is 9.47 Å². The number of nitrogens with zero attached hydrogens (tertiary/aromatic N) is 2. The first-order valence-corrected chi connectivity index (χ1v) is 12.6. The van der Waals surface area contributed by atoms with Crippen molar-refractivity contribution in [2.24, 2.45) is 0 Å². The van der Waals surface area contributed by atoms with E-state index in [2.05, 4.69) is 11.8 Å². The minimum absolute atomic E-state index is 0.116. The first-order valence-electron chi connectivity index (χ1n) is 11.2. The molecule has 33 heavy (non-hydrogen) atoms. The lowest BCUT2D eigenvalue weighted by molar-refractivity contribution is 0.00703. The van der Waals surface area contributed by atoms with Gasteiger partial charge in [0.25, 0.3) is 10.0 Å². The van der Waals surface area contributed by atoms with Crippen molar-refractivity contribution in [2.75, 3.05) is 25.0 Å². The lowest BCUT2D eigenvalue weighted by Crippen LogP contribution is -2.33. The molecule has 1 atom stereocenters. The number of carbonyl (C=O) groups excluding carboxylic acids is 1. The fraction of sp³-hybridized carbons (Fsp3) is 0.480. The summed E-state index contributed by atoms with van der Waals surface area (Å²) in [6, 6.07) is 11.9.